The Morgan fingerprint density at radius 2 is 1.62 bits per heavy atom. The smallest absolute Gasteiger partial charge is 0.315 e. The fraction of sp³-hybridized carbons (Fsp3) is 0.625. The first kappa shape index (κ1) is 17.3. The Kier molecular flexibility index (Phi) is 6.46. The van der Waals surface area contributed by atoms with Crippen molar-refractivity contribution >= 4 is 17.1 Å². The molecule has 0 unspecified atom stereocenters. The van der Waals surface area contributed by atoms with Gasteiger partial charge in [0, 0.05) is 13.1 Å². The van der Waals surface area contributed by atoms with Crippen molar-refractivity contribution in [2.45, 2.75) is 34.6 Å². The monoisotopic (exact) mass is 293 g/mol. The minimum atomic E-state index is -0.319. The van der Waals surface area contributed by atoms with Gasteiger partial charge in [-0.25, -0.2) is 0 Å². The lowest BCUT2D eigenvalue weighted by molar-refractivity contribution is -0.383. The van der Waals surface area contributed by atoms with E-state index in [9.17, 15) is 10.1 Å². The maximum absolute atomic E-state index is 11.4. The van der Waals surface area contributed by atoms with Crippen LogP contribution >= 0.6 is 0 Å². The Hall–Kier alpha value is -1.78. The molecule has 1 rings (SSSR count). The van der Waals surface area contributed by atoms with Crippen LogP contribution in [0.5, 0.6) is 0 Å². The summed E-state index contributed by atoms with van der Waals surface area (Å²) < 4.78 is 0. The molecule has 5 nitrogen and oxygen atoms in total. The fourth-order valence-electron chi connectivity index (χ4n) is 2.68. The third-order valence-corrected chi connectivity index (χ3v) is 3.83. The lowest BCUT2D eigenvalue weighted by Gasteiger charge is -2.25. The standard InChI is InChI=1S/C16H27N3O2/c1-6-17-14-8-7-9-15(16(14)19(20)21)18-10-13(11(2)3)12(4)5/h7-9,11-13,17-18H,6,10H2,1-5H3. The van der Waals surface area contributed by atoms with E-state index >= 15 is 0 Å². The maximum atomic E-state index is 11.4. The van der Waals surface area contributed by atoms with Gasteiger partial charge in [-0.3, -0.25) is 10.1 Å². The molecule has 2 N–H and O–H groups in total. The van der Waals surface area contributed by atoms with Gasteiger partial charge in [0.15, 0.2) is 0 Å². The molecule has 21 heavy (non-hydrogen) atoms. The predicted octanol–water partition coefficient (Wildman–Crippen LogP) is 4.37. The fourth-order valence-corrected chi connectivity index (χ4v) is 2.68. The molecule has 0 aromatic heterocycles. The Bertz CT molecular complexity index is 465. The second-order valence-electron chi connectivity index (χ2n) is 6.02. The van der Waals surface area contributed by atoms with Crippen LogP contribution in [0.25, 0.3) is 0 Å². The minimum absolute atomic E-state index is 0.130. The van der Waals surface area contributed by atoms with Crippen LogP contribution in [0.2, 0.25) is 0 Å². The van der Waals surface area contributed by atoms with Crippen molar-refractivity contribution in [3.05, 3.63) is 28.3 Å². The van der Waals surface area contributed by atoms with E-state index in [-0.39, 0.29) is 10.6 Å². The predicted molar refractivity (Wildman–Crippen MR) is 88.9 cm³/mol. The topological polar surface area (TPSA) is 67.2 Å². The Balaban J connectivity index is 2.97. The SMILES string of the molecule is CCNc1cccc(NCC(C(C)C)C(C)C)c1[N+](=O)[O-]. The number of nitrogens with zero attached hydrogens (tertiary/aromatic N) is 1. The second-order valence-corrected chi connectivity index (χ2v) is 6.02. The van der Waals surface area contributed by atoms with Crippen LogP contribution in [0.4, 0.5) is 17.1 Å². The molecule has 0 heterocycles. The number of hydrogen-bond donors (Lipinski definition) is 2. The molecule has 5 heteroatoms. The molecule has 0 saturated heterocycles. The van der Waals surface area contributed by atoms with Crippen molar-refractivity contribution in [2.24, 2.45) is 17.8 Å². The summed E-state index contributed by atoms with van der Waals surface area (Å²) in [7, 11) is 0. The third kappa shape index (κ3) is 4.62. The van der Waals surface area contributed by atoms with Gasteiger partial charge in [0.25, 0.3) is 0 Å². The summed E-state index contributed by atoms with van der Waals surface area (Å²) in [6, 6.07) is 5.36. The molecule has 0 atom stereocenters. The zero-order valence-corrected chi connectivity index (χ0v) is 13.6. The van der Waals surface area contributed by atoms with Gasteiger partial charge in [-0.05, 0) is 36.8 Å². The number of nitro groups is 1. The van der Waals surface area contributed by atoms with Gasteiger partial charge in [0.1, 0.15) is 11.4 Å². The van der Waals surface area contributed by atoms with E-state index in [1.54, 1.807) is 12.1 Å². The van der Waals surface area contributed by atoms with Crippen LogP contribution in [0, 0.1) is 27.9 Å². The number of para-hydroxylation sites is 1. The summed E-state index contributed by atoms with van der Waals surface area (Å²) in [5.74, 6) is 1.55. The number of nitro benzene ring substituents is 1. The summed E-state index contributed by atoms with van der Waals surface area (Å²) >= 11 is 0. The van der Waals surface area contributed by atoms with Gasteiger partial charge in [-0.1, -0.05) is 33.8 Å². The van der Waals surface area contributed by atoms with E-state index in [0.29, 0.717) is 35.7 Å². The van der Waals surface area contributed by atoms with Crippen molar-refractivity contribution in [1.82, 2.24) is 0 Å². The quantitative estimate of drug-likeness (QED) is 0.552. The van der Waals surface area contributed by atoms with E-state index in [1.807, 2.05) is 13.0 Å². The molecule has 0 fully saturated rings. The summed E-state index contributed by atoms with van der Waals surface area (Å²) in [4.78, 5) is 11.0. The molecular weight excluding hydrogens is 266 g/mol. The van der Waals surface area contributed by atoms with Crippen molar-refractivity contribution in [1.29, 1.82) is 0 Å². The Morgan fingerprint density at radius 3 is 2.05 bits per heavy atom. The van der Waals surface area contributed by atoms with Crippen LogP contribution in [-0.2, 0) is 0 Å². The highest BCUT2D eigenvalue weighted by molar-refractivity contribution is 5.76. The third-order valence-electron chi connectivity index (χ3n) is 3.83. The highest BCUT2D eigenvalue weighted by atomic mass is 16.6. The lowest BCUT2D eigenvalue weighted by atomic mass is 9.85. The molecule has 1 aromatic carbocycles. The first-order valence-electron chi connectivity index (χ1n) is 7.63. The van der Waals surface area contributed by atoms with Gasteiger partial charge >= 0.3 is 5.69 Å². The highest BCUT2D eigenvalue weighted by Gasteiger charge is 2.22. The van der Waals surface area contributed by atoms with Crippen molar-refractivity contribution in [2.75, 3.05) is 23.7 Å². The zero-order chi connectivity index (χ0) is 16.0. The molecular formula is C16H27N3O2. The van der Waals surface area contributed by atoms with Gasteiger partial charge < -0.3 is 10.6 Å². The van der Waals surface area contributed by atoms with E-state index < -0.39 is 0 Å². The average molecular weight is 293 g/mol. The number of nitrogens with one attached hydrogen (secondary N) is 2. The van der Waals surface area contributed by atoms with E-state index in [0.717, 1.165) is 6.54 Å². The van der Waals surface area contributed by atoms with Gasteiger partial charge in [0.05, 0.1) is 4.92 Å². The molecule has 0 amide bonds. The van der Waals surface area contributed by atoms with Crippen LogP contribution in [0.3, 0.4) is 0 Å². The van der Waals surface area contributed by atoms with Crippen LogP contribution in [-0.4, -0.2) is 18.0 Å². The number of benzene rings is 1. The minimum Gasteiger partial charge on any atom is -0.380 e. The second kappa shape index (κ2) is 7.86. The summed E-state index contributed by atoms with van der Waals surface area (Å²) in [5.41, 5.74) is 1.29. The summed E-state index contributed by atoms with van der Waals surface area (Å²) in [6.07, 6.45) is 0. The first-order valence-corrected chi connectivity index (χ1v) is 7.63. The van der Waals surface area contributed by atoms with Crippen molar-refractivity contribution in [3.8, 4) is 0 Å². The van der Waals surface area contributed by atoms with Gasteiger partial charge in [-0.2, -0.15) is 0 Å². The van der Waals surface area contributed by atoms with Gasteiger partial charge in [-0.15, -0.1) is 0 Å². The molecule has 0 aliphatic carbocycles. The van der Waals surface area contributed by atoms with Crippen molar-refractivity contribution < 1.29 is 4.92 Å². The van der Waals surface area contributed by atoms with E-state index in [4.69, 9.17) is 0 Å². The van der Waals surface area contributed by atoms with Crippen molar-refractivity contribution in [3.63, 3.8) is 0 Å². The van der Waals surface area contributed by atoms with Crippen LogP contribution in [0.1, 0.15) is 34.6 Å². The highest BCUT2D eigenvalue weighted by Crippen LogP contribution is 2.33. The molecule has 0 spiro atoms. The zero-order valence-electron chi connectivity index (χ0n) is 13.6. The van der Waals surface area contributed by atoms with Crippen LogP contribution in [0.15, 0.2) is 18.2 Å². The average Bonchev–Trinajstić information content (AvgIpc) is 2.38. The maximum Gasteiger partial charge on any atom is 0.315 e. The molecule has 0 aliphatic heterocycles. The summed E-state index contributed by atoms with van der Waals surface area (Å²) in [5, 5.41) is 17.7. The van der Waals surface area contributed by atoms with Crippen LogP contribution < -0.4 is 10.6 Å². The largest absolute Gasteiger partial charge is 0.380 e. The number of anilines is 2. The lowest BCUT2D eigenvalue weighted by Crippen LogP contribution is -2.24. The first-order chi connectivity index (χ1) is 9.88. The van der Waals surface area contributed by atoms with E-state index in [2.05, 4.69) is 38.3 Å². The molecule has 1 aromatic rings. The molecule has 0 saturated carbocycles. The van der Waals surface area contributed by atoms with E-state index in [1.165, 1.54) is 0 Å². The summed E-state index contributed by atoms with van der Waals surface area (Å²) in [6.45, 7) is 12.1. The Labute approximate surface area is 127 Å². The molecule has 118 valence electrons. The molecule has 0 bridgehead atoms. The molecule has 0 radical (unpaired) electrons. The molecule has 0 aliphatic rings. The Morgan fingerprint density at radius 1 is 1.10 bits per heavy atom. The normalized spacial score (nSPS) is 11.2. The van der Waals surface area contributed by atoms with Gasteiger partial charge in [0.2, 0.25) is 0 Å². The number of hydrogen-bond acceptors (Lipinski definition) is 4. The number of rotatable bonds is 8.